The number of hydrogen-bond acceptors (Lipinski definition) is 12. The first-order chi connectivity index (χ1) is 31.9. The molecule has 1 unspecified atom stereocenters. The zero-order valence-corrected chi connectivity index (χ0v) is 37.9. The van der Waals surface area contributed by atoms with Crippen LogP contribution in [0.15, 0.2) is 85.2 Å². The van der Waals surface area contributed by atoms with Gasteiger partial charge in [0.05, 0.1) is 50.1 Å². The number of H-pyrrole nitrogens is 2. The highest BCUT2D eigenvalue weighted by Crippen LogP contribution is 2.42. The standard InChI is InChI=1S/C46H55N8O11P/c1-61-45(57)52-36-8-5-4-6-24-64-25-22-35(51-43(36)55)41-47-27-38(49-41)32-16-12-30(13-17-32)31-14-18-33(19-15-31)39-28-48-42(50-39)40-9-7-23-54(40)44(56)37(53-46(58)62-2)26-29-10-20-34(21-11-29)65-66(59,60)63-3/h10-21,27-28,35-37,40H,4-9,22-26H2,1-3H3,(H,47,49)(H,48,50)(H,51,55)(H,52,57)(H,53,58)(H,59,60)/t35-,36-,37-,40-/m0/s1. The van der Waals surface area contributed by atoms with Crippen molar-refractivity contribution in [3.8, 4) is 39.4 Å². The van der Waals surface area contributed by atoms with Gasteiger partial charge in [-0.2, -0.15) is 0 Å². The van der Waals surface area contributed by atoms with Crippen molar-refractivity contribution in [2.75, 3.05) is 41.1 Å². The molecule has 2 saturated heterocycles. The van der Waals surface area contributed by atoms with Crippen molar-refractivity contribution >= 4 is 31.8 Å². The third-order valence-electron chi connectivity index (χ3n) is 11.6. The third-order valence-corrected chi connectivity index (χ3v) is 12.5. The second-order valence-corrected chi connectivity index (χ2v) is 17.5. The molecule has 0 aliphatic carbocycles. The van der Waals surface area contributed by atoms with Crippen LogP contribution in [0.4, 0.5) is 9.59 Å². The van der Waals surface area contributed by atoms with E-state index in [0.29, 0.717) is 56.2 Å². The van der Waals surface area contributed by atoms with Gasteiger partial charge in [-0.05, 0) is 72.1 Å². The summed E-state index contributed by atoms with van der Waals surface area (Å²) in [6.45, 7) is 1.53. The number of amides is 4. The fraction of sp³-hybridized carbons (Fsp3) is 0.391. The molecular weight excluding hydrogens is 872 g/mol. The molecule has 5 atom stereocenters. The monoisotopic (exact) mass is 926 g/mol. The van der Waals surface area contributed by atoms with Crippen LogP contribution in [-0.4, -0.2) is 107 Å². The van der Waals surface area contributed by atoms with Crippen LogP contribution in [0.2, 0.25) is 0 Å². The van der Waals surface area contributed by atoms with Crippen LogP contribution in [0.5, 0.6) is 5.75 Å². The number of phosphoric acid groups is 1. The van der Waals surface area contributed by atoms with Crippen molar-refractivity contribution in [2.45, 2.75) is 75.5 Å². The molecule has 19 nitrogen and oxygen atoms in total. The van der Waals surface area contributed by atoms with E-state index in [1.807, 2.05) is 48.5 Å². The quantitative estimate of drug-likeness (QED) is 0.0670. The van der Waals surface area contributed by atoms with Crippen molar-refractivity contribution in [2.24, 2.45) is 0 Å². The molecule has 20 heteroatoms. The fourth-order valence-corrected chi connectivity index (χ4v) is 8.52. The number of aromatic nitrogens is 4. The van der Waals surface area contributed by atoms with E-state index in [1.54, 1.807) is 29.4 Å². The van der Waals surface area contributed by atoms with E-state index in [0.717, 1.165) is 66.4 Å². The zero-order valence-electron chi connectivity index (χ0n) is 37.0. The smallest absolute Gasteiger partial charge is 0.453 e. The molecule has 3 aromatic carbocycles. The van der Waals surface area contributed by atoms with Gasteiger partial charge in [0.1, 0.15) is 29.5 Å². The van der Waals surface area contributed by atoms with Crippen LogP contribution in [0.25, 0.3) is 33.6 Å². The number of alkyl carbamates (subject to hydrolysis) is 2. The number of nitrogens with one attached hydrogen (secondary N) is 5. The molecule has 2 aliphatic rings. The molecule has 5 aromatic rings. The molecule has 350 valence electrons. The van der Waals surface area contributed by atoms with Gasteiger partial charge in [0.15, 0.2) is 0 Å². The summed E-state index contributed by atoms with van der Waals surface area (Å²) < 4.78 is 36.7. The summed E-state index contributed by atoms with van der Waals surface area (Å²) in [6.07, 6.45) is 7.12. The average molecular weight is 927 g/mol. The minimum Gasteiger partial charge on any atom is -0.453 e. The van der Waals surface area contributed by atoms with E-state index in [-0.39, 0.29) is 30.0 Å². The van der Waals surface area contributed by atoms with Gasteiger partial charge in [-0.1, -0.05) is 73.5 Å². The molecule has 2 fully saturated rings. The van der Waals surface area contributed by atoms with Gasteiger partial charge in [0.2, 0.25) is 11.8 Å². The molecule has 66 heavy (non-hydrogen) atoms. The Labute approximate surface area is 382 Å². The summed E-state index contributed by atoms with van der Waals surface area (Å²) >= 11 is 0. The lowest BCUT2D eigenvalue weighted by Crippen LogP contribution is -2.49. The largest absolute Gasteiger partial charge is 0.527 e. The Balaban J connectivity index is 0.992. The summed E-state index contributed by atoms with van der Waals surface area (Å²) in [5, 5.41) is 8.38. The first kappa shape index (κ1) is 47.4. The normalized spacial score (nSPS) is 19.5. The van der Waals surface area contributed by atoms with Gasteiger partial charge in [-0.15, -0.1) is 0 Å². The van der Waals surface area contributed by atoms with Crippen LogP contribution in [0.3, 0.4) is 0 Å². The van der Waals surface area contributed by atoms with Crippen molar-refractivity contribution in [3.63, 3.8) is 0 Å². The molecule has 4 heterocycles. The second kappa shape index (κ2) is 22.1. The minimum absolute atomic E-state index is 0.106. The SMILES string of the molecule is COC(=O)N[C@H]1CCCCCOCC[C@@H](c2ncc(-c3ccc(-c4ccc(-c5cnc([C@@H]6CCCN6C(=O)[C@H](Cc6ccc(OP(=O)(O)OC)cc6)NC(=O)OC)[nH]5)cc4)cc3)[nH]2)NC1=O. The predicted octanol–water partition coefficient (Wildman–Crippen LogP) is 6.75. The van der Waals surface area contributed by atoms with Gasteiger partial charge < -0.3 is 49.6 Å². The van der Waals surface area contributed by atoms with E-state index in [1.165, 1.54) is 26.4 Å². The zero-order chi connectivity index (χ0) is 46.6. The number of hydrogen-bond donors (Lipinski definition) is 6. The minimum atomic E-state index is -4.25. The average Bonchev–Trinajstić information content (AvgIpc) is 4.14. The lowest BCUT2D eigenvalue weighted by molar-refractivity contribution is -0.134. The molecule has 4 amide bonds. The number of aromatic amines is 2. The molecule has 0 saturated carbocycles. The summed E-state index contributed by atoms with van der Waals surface area (Å²) in [5.74, 6) is 0.710. The molecule has 0 spiro atoms. The number of methoxy groups -OCH3 is 2. The van der Waals surface area contributed by atoms with Gasteiger partial charge in [-0.3, -0.25) is 19.0 Å². The molecule has 0 radical (unpaired) electrons. The Morgan fingerprint density at radius 1 is 0.788 bits per heavy atom. The molecular formula is C46H55N8O11P. The molecule has 2 aliphatic heterocycles. The highest BCUT2D eigenvalue weighted by atomic mass is 31.2. The van der Waals surface area contributed by atoms with Gasteiger partial charge in [0.25, 0.3) is 0 Å². The lowest BCUT2D eigenvalue weighted by atomic mass is 10.0. The van der Waals surface area contributed by atoms with Crippen LogP contribution < -0.4 is 20.5 Å². The molecule has 7 rings (SSSR count). The van der Waals surface area contributed by atoms with E-state index >= 15 is 0 Å². The van der Waals surface area contributed by atoms with Crippen molar-refractivity contribution < 1.29 is 51.9 Å². The number of rotatable bonds is 13. The Morgan fingerprint density at radius 3 is 2.05 bits per heavy atom. The highest BCUT2D eigenvalue weighted by molar-refractivity contribution is 7.47. The van der Waals surface area contributed by atoms with Crippen molar-refractivity contribution in [1.82, 2.24) is 40.8 Å². The number of benzene rings is 3. The Hall–Kier alpha value is -6.53. The number of ether oxygens (including phenoxy) is 3. The Bertz CT molecular complexity index is 2480. The van der Waals surface area contributed by atoms with Gasteiger partial charge in [0, 0.05) is 33.3 Å². The number of nitrogens with zero attached hydrogens (tertiary/aromatic N) is 3. The molecule has 0 bridgehead atoms. The number of phosphoric ester groups is 1. The predicted molar refractivity (Wildman–Crippen MR) is 242 cm³/mol. The fourth-order valence-electron chi connectivity index (χ4n) is 8.06. The number of likely N-dealkylation sites (tertiary alicyclic amines) is 1. The summed E-state index contributed by atoms with van der Waals surface area (Å²) in [6, 6.07) is 19.9. The maximum atomic E-state index is 14.1. The van der Waals surface area contributed by atoms with Gasteiger partial charge >= 0.3 is 20.0 Å². The van der Waals surface area contributed by atoms with Crippen molar-refractivity contribution in [3.05, 3.63) is 102 Å². The molecule has 2 aromatic heterocycles. The summed E-state index contributed by atoms with van der Waals surface area (Å²) in [4.78, 5) is 79.3. The van der Waals surface area contributed by atoms with Crippen LogP contribution in [-0.2, 0) is 39.3 Å². The van der Waals surface area contributed by atoms with E-state index in [2.05, 4.69) is 40.4 Å². The molecule has 6 N–H and O–H groups in total. The van der Waals surface area contributed by atoms with Crippen molar-refractivity contribution in [1.29, 1.82) is 0 Å². The maximum Gasteiger partial charge on any atom is 0.527 e. The van der Waals surface area contributed by atoms with Crippen LogP contribution in [0.1, 0.15) is 74.2 Å². The van der Waals surface area contributed by atoms with Crippen LogP contribution >= 0.6 is 7.82 Å². The number of imidazole rings is 2. The highest BCUT2D eigenvalue weighted by Gasteiger charge is 2.37. The Morgan fingerprint density at radius 2 is 1.41 bits per heavy atom. The summed E-state index contributed by atoms with van der Waals surface area (Å²) in [5.41, 5.74) is 6.07. The van der Waals surface area contributed by atoms with E-state index in [9.17, 15) is 28.6 Å². The number of carbonyl (C=O) groups is 4. The van der Waals surface area contributed by atoms with Crippen LogP contribution in [0, 0.1) is 0 Å². The first-order valence-corrected chi connectivity index (χ1v) is 23.3. The maximum absolute atomic E-state index is 14.1. The second-order valence-electron chi connectivity index (χ2n) is 16.0. The third kappa shape index (κ3) is 12.2. The summed E-state index contributed by atoms with van der Waals surface area (Å²) in [7, 11) is -0.686. The lowest BCUT2D eigenvalue weighted by Gasteiger charge is -2.28. The Kier molecular flexibility index (Phi) is 15.9. The topological polar surface area (TPSA) is 248 Å². The first-order valence-electron chi connectivity index (χ1n) is 21.8. The van der Waals surface area contributed by atoms with Gasteiger partial charge in [-0.25, -0.2) is 24.1 Å². The number of carbonyl (C=O) groups excluding carboxylic acids is 4. The van der Waals surface area contributed by atoms with E-state index < -0.39 is 38.1 Å². The van der Waals surface area contributed by atoms with E-state index in [4.69, 9.17) is 18.7 Å².